The summed E-state index contributed by atoms with van der Waals surface area (Å²) in [5, 5.41) is 1.65. The van der Waals surface area contributed by atoms with Crippen LogP contribution < -0.4 is 10.0 Å². The highest BCUT2D eigenvalue weighted by molar-refractivity contribution is 7.80. The maximum absolute atomic E-state index is 13.3. The summed E-state index contributed by atoms with van der Waals surface area (Å²) < 4.78 is 18.5. The van der Waals surface area contributed by atoms with Gasteiger partial charge in [0.15, 0.2) is 11.6 Å². The van der Waals surface area contributed by atoms with E-state index in [0.717, 1.165) is 27.1 Å². The van der Waals surface area contributed by atoms with Gasteiger partial charge in [0, 0.05) is 15.5 Å². The molecule has 1 aliphatic rings. The van der Waals surface area contributed by atoms with Gasteiger partial charge in [0.25, 0.3) is 0 Å². The molecule has 0 saturated heterocycles. The molecule has 6 heteroatoms. The number of hydrogen-bond acceptors (Lipinski definition) is 3. The SMILES string of the molecule is C#C.O=C[C@@H]1COc2c(F)ccc(P)c2C1.Sc1ccc(Cl)cc1. The predicted molar refractivity (Wildman–Crippen MR) is 103 cm³/mol. The Balaban J connectivity index is 0.000000245. The first-order valence-electron chi connectivity index (χ1n) is 6.94. The number of fused-ring (bicyclic) bond motifs is 1. The minimum Gasteiger partial charge on any atom is -0.489 e. The molecule has 2 aromatic carbocycles. The highest BCUT2D eigenvalue weighted by Crippen LogP contribution is 2.29. The second-order valence-corrected chi connectivity index (χ2v) is 6.41. The minimum absolute atomic E-state index is 0.149. The fraction of sp³-hybridized carbons (Fsp3) is 0.167. The number of thiol groups is 1. The van der Waals surface area contributed by atoms with Gasteiger partial charge in [-0.1, -0.05) is 17.7 Å². The summed E-state index contributed by atoms with van der Waals surface area (Å²) in [6, 6.07) is 10.4. The number of carbonyl (C=O) groups excluding carboxylic acids is 1. The number of halogens is 2. The molecule has 24 heavy (non-hydrogen) atoms. The van der Waals surface area contributed by atoms with E-state index < -0.39 is 0 Å². The normalized spacial score (nSPS) is 14.7. The van der Waals surface area contributed by atoms with Crippen LogP contribution in [0.1, 0.15) is 5.56 Å². The Bertz CT molecular complexity index is 683. The molecule has 0 radical (unpaired) electrons. The highest BCUT2D eigenvalue weighted by Gasteiger charge is 2.23. The van der Waals surface area contributed by atoms with Gasteiger partial charge in [-0.25, -0.2) is 4.39 Å². The summed E-state index contributed by atoms with van der Waals surface area (Å²) in [5.74, 6) is -0.199. The van der Waals surface area contributed by atoms with Crippen molar-refractivity contribution in [1.82, 2.24) is 0 Å². The molecule has 2 atom stereocenters. The fourth-order valence-corrected chi connectivity index (χ4v) is 2.64. The second-order valence-electron chi connectivity index (χ2n) is 4.83. The third-order valence-electron chi connectivity index (χ3n) is 3.18. The summed E-state index contributed by atoms with van der Waals surface area (Å²) in [5.41, 5.74) is 0.790. The molecular formula is C18H17ClFO2PS. The molecule has 0 aromatic heterocycles. The van der Waals surface area contributed by atoms with Crippen molar-refractivity contribution in [2.45, 2.75) is 11.3 Å². The maximum Gasteiger partial charge on any atom is 0.165 e. The standard InChI is InChI=1S/C10H10FO2P.C6H5ClS.C2H2/c11-8-1-2-9(14)7-3-6(4-12)5-13-10(7)8;7-5-1-3-6(8)4-2-5;1-2/h1-2,4,6H,3,5,14H2;1-4,8H;1-2H/t6-;;/m1../s1. The van der Waals surface area contributed by atoms with Gasteiger partial charge in [-0.2, -0.15) is 0 Å². The Hall–Kier alpha value is -1.53. The number of aldehydes is 1. The molecule has 2 aromatic rings. The molecule has 1 unspecified atom stereocenters. The van der Waals surface area contributed by atoms with E-state index in [2.05, 4.69) is 34.7 Å². The highest BCUT2D eigenvalue weighted by atomic mass is 35.5. The van der Waals surface area contributed by atoms with Crippen molar-refractivity contribution < 1.29 is 13.9 Å². The Morgan fingerprint density at radius 2 is 1.88 bits per heavy atom. The van der Waals surface area contributed by atoms with Gasteiger partial charge < -0.3 is 9.53 Å². The van der Waals surface area contributed by atoms with Gasteiger partial charge in [0.2, 0.25) is 0 Å². The summed E-state index contributed by atoms with van der Waals surface area (Å²) in [6.07, 6.45) is 9.42. The van der Waals surface area contributed by atoms with Crippen LogP contribution >= 0.6 is 33.5 Å². The van der Waals surface area contributed by atoms with E-state index in [-0.39, 0.29) is 18.3 Å². The van der Waals surface area contributed by atoms with E-state index in [9.17, 15) is 9.18 Å². The molecule has 1 aliphatic heterocycles. The van der Waals surface area contributed by atoms with Crippen molar-refractivity contribution in [1.29, 1.82) is 0 Å². The molecule has 0 saturated carbocycles. The first kappa shape index (κ1) is 20.5. The van der Waals surface area contributed by atoms with E-state index in [1.165, 1.54) is 6.07 Å². The second kappa shape index (κ2) is 10.4. The maximum atomic E-state index is 13.3. The lowest BCUT2D eigenvalue weighted by Gasteiger charge is -2.23. The van der Waals surface area contributed by atoms with Crippen molar-refractivity contribution in [2.75, 3.05) is 6.61 Å². The lowest BCUT2D eigenvalue weighted by atomic mass is 9.98. The molecule has 2 nitrogen and oxygen atoms in total. The Kier molecular flexibility index (Phi) is 8.85. The first-order valence-corrected chi connectivity index (χ1v) is 8.34. The van der Waals surface area contributed by atoms with Gasteiger partial charge in [-0.3, -0.25) is 0 Å². The van der Waals surface area contributed by atoms with E-state index in [1.54, 1.807) is 6.07 Å². The van der Waals surface area contributed by atoms with Crippen LogP contribution in [-0.2, 0) is 11.2 Å². The molecule has 3 rings (SSSR count). The van der Waals surface area contributed by atoms with Crippen molar-refractivity contribution >= 4 is 45.1 Å². The monoisotopic (exact) mass is 382 g/mol. The average molecular weight is 383 g/mol. The smallest absolute Gasteiger partial charge is 0.165 e. The zero-order valence-electron chi connectivity index (χ0n) is 12.8. The van der Waals surface area contributed by atoms with Gasteiger partial charge in [-0.15, -0.1) is 34.7 Å². The van der Waals surface area contributed by atoms with Crippen LogP contribution in [0, 0.1) is 24.6 Å². The Morgan fingerprint density at radius 1 is 1.25 bits per heavy atom. The third kappa shape index (κ3) is 5.83. The van der Waals surface area contributed by atoms with Crippen LogP contribution in [0.15, 0.2) is 41.3 Å². The topological polar surface area (TPSA) is 26.3 Å². The molecule has 126 valence electrons. The van der Waals surface area contributed by atoms with Gasteiger partial charge in [-0.05, 0) is 42.1 Å². The van der Waals surface area contributed by atoms with Crippen LogP contribution in [0.2, 0.25) is 5.02 Å². The zero-order chi connectivity index (χ0) is 18.1. The number of benzene rings is 2. The molecule has 1 heterocycles. The van der Waals surface area contributed by atoms with Crippen molar-refractivity contribution in [3.05, 3.63) is 52.8 Å². The molecule has 0 aliphatic carbocycles. The molecule has 0 amide bonds. The first-order chi connectivity index (χ1) is 11.5. The fourth-order valence-electron chi connectivity index (χ4n) is 2.02. The van der Waals surface area contributed by atoms with E-state index in [1.807, 2.05) is 24.3 Å². The molecule has 0 spiro atoms. The number of rotatable bonds is 1. The summed E-state index contributed by atoms with van der Waals surface area (Å²) in [4.78, 5) is 11.5. The minimum atomic E-state index is -0.351. The van der Waals surface area contributed by atoms with Crippen molar-refractivity contribution in [3.8, 4) is 18.6 Å². The van der Waals surface area contributed by atoms with Gasteiger partial charge in [0.05, 0.1) is 12.5 Å². The number of ether oxygens (including phenoxy) is 1. The van der Waals surface area contributed by atoms with Crippen molar-refractivity contribution in [3.63, 3.8) is 0 Å². The van der Waals surface area contributed by atoms with Crippen LogP contribution in [0.5, 0.6) is 5.75 Å². The summed E-state index contributed by atoms with van der Waals surface area (Å²) in [7, 11) is 2.53. The Morgan fingerprint density at radius 3 is 2.42 bits per heavy atom. The lowest BCUT2D eigenvalue weighted by Crippen LogP contribution is -2.25. The predicted octanol–water partition coefficient (Wildman–Crippen LogP) is 3.95. The molecular weight excluding hydrogens is 366 g/mol. The van der Waals surface area contributed by atoms with Crippen LogP contribution in [0.25, 0.3) is 0 Å². The van der Waals surface area contributed by atoms with Crippen molar-refractivity contribution in [2.24, 2.45) is 5.92 Å². The molecule has 0 fully saturated rings. The Labute approximate surface area is 154 Å². The summed E-state index contributed by atoms with van der Waals surface area (Å²) in [6.45, 7) is 0.279. The number of terminal acetylenes is 1. The van der Waals surface area contributed by atoms with E-state index in [4.69, 9.17) is 16.3 Å². The van der Waals surface area contributed by atoms with Gasteiger partial charge >= 0.3 is 0 Å². The summed E-state index contributed by atoms with van der Waals surface area (Å²) >= 11 is 9.65. The van der Waals surface area contributed by atoms with Crippen LogP contribution in [0.3, 0.4) is 0 Å². The quantitative estimate of drug-likeness (QED) is 0.350. The zero-order valence-corrected chi connectivity index (χ0v) is 15.6. The molecule has 0 N–H and O–H groups in total. The number of hydrogen-bond donors (Lipinski definition) is 1. The number of carbonyl (C=O) groups is 1. The van der Waals surface area contributed by atoms with Crippen LogP contribution in [0.4, 0.5) is 4.39 Å². The van der Waals surface area contributed by atoms with E-state index >= 15 is 0 Å². The molecule has 0 bridgehead atoms. The third-order valence-corrected chi connectivity index (χ3v) is 4.27. The van der Waals surface area contributed by atoms with E-state index in [0.29, 0.717) is 12.2 Å². The largest absolute Gasteiger partial charge is 0.489 e. The van der Waals surface area contributed by atoms with Gasteiger partial charge in [0.1, 0.15) is 6.29 Å². The lowest BCUT2D eigenvalue weighted by molar-refractivity contribution is -0.112. The average Bonchev–Trinajstić information content (AvgIpc) is 2.63. The van der Waals surface area contributed by atoms with Crippen LogP contribution in [-0.4, -0.2) is 12.9 Å².